The number of ether oxygens (including phenoxy) is 2. The van der Waals surface area contributed by atoms with Crippen LogP contribution >= 0.6 is 15.9 Å². The highest BCUT2D eigenvalue weighted by Crippen LogP contribution is 2.24. The summed E-state index contributed by atoms with van der Waals surface area (Å²) in [4.78, 5) is 0. The van der Waals surface area contributed by atoms with E-state index in [0.29, 0.717) is 13.2 Å². The van der Waals surface area contributed by atoms with Crippen LogP contribution < -0.4 is 15.2 Å². The second-order valence-electron chi connectivity index (χ2n) is 4.63. The number of hydrogen-bond donors (Lipinski definition) is 1. The van der Waals surface area contributed by atoms with Crippen LogP contribution in [0.3, 0.4) is 0 Å². The van der Waals surface area contributed by atoms with Gasteiger partial charge in [-0.2, -0.15) is 0 Å². The first kappa shape index (κ1) is 14.7. The summed E-state index contributed by atoms with van der Waals surface area (Å²) >= 11 is 3.41. The molecule has 0 aliphatic rings. The minimum Gasteiger partial charge on any atom is -0.490 e. The van der Waals surface area contributed by atoms with E-state index in [0.717, 1.165) is 32.8 Å². The molecule has 0 heterocycles. The average Bonchev–Trinajstić information content (AvgIpc) is 2.40. The molecule has 0 spiro atoms. The predicted octanol–water partition coefficient (Wildman–Crippen LogP) is 4.11. The van der Waals surface area contributed by atoms with Gasteiger partial charge in [-0.15, -0.1) is 0 Å². The van der Waals surface area contributed by atoms with Gasteiger partial charge in [0.2, 0.25) is 0 Å². The Morgan fingerprint density at radius 2 is 1.75 bits per heavy atom. The van der Waals surface area contributed by atoms with Gasteiger partial charge in [0, 0.05) is 16.2 Å². The summed E-state index contributed by atoms with van der Waals surface area (Å²) in [5, 5.41) is 0. The van der Waals surface area contributed by atoms with Crippen LogP contribution in [0.15, 0.2) is 40.9 Å². The van der Waals surface area contributed by atoms with Gasteiger partial charge in [0.25, 0.3) is 0 Å². The third-order valence-electron chi connectivity index (χ3n) is 2.97. The van der Waals surface area contributed by atoms with Crippen molar-refractivity contribution in [2.75, 3.05) is 18.9 Å². The van der Waals surface area contributed by atoms with Crippen molar-refractivity contribution < 1.29 is 9.47 Å². The molecule has 0 fully saturated rings. The van der Waals surface area contributed by atoms with Crippen molar-refractivity contribution in [2.24, 2.45) is 0 Å². The maximum absolute atomic E-state index is 5.89. The van der Waals surface area contributed by atoms with E-state index in [1.54, 1.807) is 0 Å². The monoisotopic (exact) mass is 335 g/mol. The van der Waals surface area contributed by atoms with E-state index >= 15 is 0 Å². The lowest BCUT2D eigenvalue weighted by atomic mass is 10.1. The lowest BCUT2D eigenvalue weighted by molar-refractivity contribution is 0.216. The van der Waals surface area contributed by atoms with Crippen LogP contribution in [0.4, 0.5) is 5.69 Å². The number of anilines is 1. The fraction of sp³-hybridized carbons (Fsp3) is 0.250. The van der Waals surface area contributed by atoms with Crippen molar-refractivity contribution in [3.8, 4) is 11.5 Å². The number of rotatable bonds is 5. The minimum atomic E-state index is 0.482. The molecule has 0 amide bonds. The van der Waals surface area contributed by atoms with Gasteiger partial charge in [-0.05, 0) is 43.2 Å². The largest absolute Gasteiger partial charge is 0.490 e. The Bertz CT molecular complexity index is 599. The second-order valence-corrected chi connectivity index (χ2v) is 5.54. The van der Waals surface area contributed by atoms with Gasteiger partial charge in [-0.25, -0.2) is 0 Å². The molecule has 0 atom stereocenters. The molecular formula is C16H18BrNO2. The first-order chi connectivity index (χ1) is 9.56. The van der Waals surface area contributed by atoms with E-state index in [2.05, 4.69) is 15.9 Å². The molecule has 2 N–H and O–H groups in total. The first-order valence-corrected chi connectivity index (χ1v) is 7.23. The summed E-state index contributed by atoms with van der Waals surface area (Å²) in [6.07, 6.45) is 0. The molecule has 0 aromatic heterocycles. The summed E-state index contributed by atoms with van der Waals surface area (Å²) in [6.45, 7) is 4.97. The zero-order valence-corrected chi connectivity index (χ0v) is 13.2. The lowest BCUT2D eigenvalue weighted by Gasteiger charge is -2.12. The Hall–Kier alpha value is -1.68. The van der Waals surface area contributed by atoms with Gasteiger partial charge in [0.05, 0.1) is 0 Å². The predicted molar refractivity (Wildman–Crippen MR) is 85.5 cm³/mol. The quantitative estimate of drug-likeness (QED) is 0.660. The van der Waals surface area contributed by atoms with Crippen molar-refractivity contribution >= 4 is 21.6 Å². The molecule has 0 bridgehead atoms. The van der Waals surface area contributed by atoms with E-state index < -0.39 is 0 Å². The highest BCUT2D eigenvalue weighted by atomic mass is 79.9. The van der Waals surface area contributed by atoms with E-state index in [-0.39, 0.29) is 0 Å². The summed E-state index contributed by atoms with van der Waals surface area (Å²) in [5.74, 6) is 1.63. The fourth-order valence-electron chi connectivity index (χ4n) is 1.87. The molecule has 2 aromatic carbocycles. The molecule has 3 nitrogen and oxygen atoms in total. The summed E-state index contributed by atoms with van der Waals surface area (Å²) < 4.78 is 12.3. The van der Waals surface area contributed by atoms with Crippen LogP contribution in [-0.2, 0) is 0 Å². The number of halogens is 1. The van der Waals surface area contributed by atoms with Gasteiger partial charge in [-0.1, -0.05) is 28.1 Å². The van der Waals surface area contributed by atoms with E-state index in [4.69, 9.17) is 15.2 Å². The molecular weight excluding hydrogens is 318 g/mol. The van der Waals surface area contributed by atoms with Gasteiger partial charge in [0.15, 0.2) is 0 Å². The van der Waals surface area contributed by atoms with Gasteiger partial charge >= 0.3 is 0 Å². The van der Waals surface area contributed by atoms with Crippen LogP contribution in [0.1, 0.15) is 11.1 Å². The number of hydrogen-bond acceptors (Lipinski definition) is 3. The molecule has 106 valence electrons. The van der Waals surface area contributed by atoms with Crippen LogP contribution in [0, 0.1) is 13.8 Å². The zero-order chi connectivity index (χ0) is 14.5. The fourth-order valence-corrected chi connectivity index (χ4v) is 2.25. The molecule has 20 heavy (non-hydrogen) atoms. The molecule has 4 heteroatoms. The van der Waals surface area contributed by atoms with Gasteiger partial charge in [-0.3, -0.25) is 0 Å². The van der Waals surface area contributed by atoms with Crippen molar-refractivity contribution in [1.82, 2.24) is 0 Å². The van der Waals surface area contributed by atoms with Crippen LogP contribution in [0.25, 0.3) is 0 Å². The molecule has 0 unspecified atom stereocenters. The van der Waals surface area contributed by atoms with Crippen LogP contribution in [0.2, 0.25) is 0 Å². The molecule has 2 aromatic rings. The summed E-state index contributed by atoms with van der Waals surface area (Å²) in [5.41, 5.74) is 8.79. The van der Waals surface area contributed by atoms with Crippen LogP contribution in [0.5, 0.6) is 11.5 Å². The average molecular weight is 336 g/mol. The van der Waals surface area contributed by atoms with Crippen LogP contribution in [-0.4, -0.2) is 13.2 Å². The SMILES string of the molecule is Cc1cc(C)c(OCCOc2cccc(Br)c2)cc1N. The first-order valence-electron chi connectivity index (χ1n) is 6.44. The Morgan fingerprint density at radius 1 is 1.00 bits per heavy atom. The van der Waals surface area contributed by atoms with E-state index in [1.807, 2.05) is 50.2 Å². The Kier molecular flexibility index (Phi) is 4.90. The normalized spacial score (nSPS) is 10.3. The third kappa shape index (κ3) is 3.90. The zero-order valence-electron chi connectivity index (χ0n) is 11.7. The maximum atomic E-state index is 5.89. The Labute approximate surface area is 127 Å². The number of nitrogens with two attached hydrogens (primary N) is 1. The molecule has 0 radical (unpaired) electrons. The Morgan fingerprint density at radius 3 is 2.50 bits per heavy atom. The van der Waals surface area contributed by atoms with Crippen molar-refractivity contribution in [1.29, 1.82) is 0 Å². The highest BCUT2D eigenvalue weighted by Gasteiger charge is 2.03. The van der Waals surface area contributed by atoms with Crippen molar-refractivity contribution in [3.63, 3.8) is 0 Å². The molecule has 0 saturated carbocycles. The van der Waals surface area contributed by atoms with Crippen molar-refractivity contribution in [3.05, 3.63) is 52.0 Å². The number of nitrogen functional groups attached to an aromatic ring is 1. The second kappa shape index (κ2) is 6.66. The third-order valence-corrected chi connectivity index (χ3v) is 3.46. The van der Waals surface area contributed by atoms with Crippen molar-refractivity contribution in [2.45, 2.75) is 13.8 Å². The lowest BCUT2D eigenvalue weighted by Crippen LogP contribution is -2.10. The number of aryl methyl sites for hydroxylation is 2. The maximum Gasteiger partial charge on any atom is 0.124 e. The van der Waals surface area contributed by atoms with E-state index in [9.17, 15) is 0 Å². The molecule has 0 saturated heterocycles. The standard InChI is InChI=1S/C16H18BrNO2/c1-11-8-12(2)16(10-15(11)18)20-7-6-19-14-5-3-4-13(17)9-14/h3-5,8-10H,6-7,18H2,1-2H3. The smallest absolute Gasteiger partial charge is 0.124 e. The Balaban J connectivity index is 1.86. The van der Waals surface area contributed by atoms with Gasteiger partial charge in [0.1, 0.15) is 24.7 Å². The van der Waals surface area contributed by atoms with Gasteiger partial charge < -0.3 is 15.2 Å². The molecule has 0 aliphatic carbocycles. The summed E-state index contributed by atoms with van der Waals surface area (Å²) in [6, 6.07) is 11.6. The minimum absolute atomic E-state index is 0.482. The van der Waals surface area contributed by atoms with E-state index in [1.165, 1.54) is 0 Å². The topological polar surface area (TPSA) is 44.5 Å². The molecule has 2 rings (SSSR count). The highest BCUT2D eigenvalue weighted by molar-refractivity contribution is 9.10. The molecule has 0 aliphatic heterocycles. The summed E-state index contributed by atoms with van der Waals surface area (Å²) in [7, 11) is 0. The number of benzene rings is 2.